The number of benzene rings is 3. The molecule has 3 aromatic carbocycles. The van der Waals surface area contributed by atoms with E-state index < -0.39 is 17.8 Å². The summed E-state index contributed by atoms with van der Waals surface area (Å²) in [5, 5.41) is 3.71. The maximum atomic E-state index is 12.5. The first-order valence-electron chi connectivity index (χ1n) is 9.67. The van der Waals surface area contributed by atoms with Crippen molar-refractivity contribution >= 4 is 28.6 Å². The molecule has 0 spiro atoms. The second-order valence-corrected chi connectivity index (χ2v) is 7.31. The van der Waals surface area contributed by atoms with Gasteiger partial charge in [-0.1, -0.05) is 42.5 Å². The Balaban J connectivity index is 1.69. The van der Waals surface area contributed by atoms with Gasteiger partial charge >= 0.3 is 5.97 Å². The molecule has 1 aliphatic rings. The smallest absolute Gasteiger partial charge is 0.337 e. The molecule has 3 aromatic rings. The zero-order chi connectivity index (χ0) is 21.3. The lowest BCUT2D eigenvalue weighted by atomic mass is 9.92. The molecule has 0 saturated carbocycles. The van der Waals surface area contributed by atoms with Crippen LogP contribution < -0.4 is 5.32 Å². The Morgan fingerprint density at radius 1 is 1.00 bits per heavy atom. The number of ether oxygens (including phenoxy) is 2. The molecule has 0 saturated heterocycles. The van der Waals surface area contributed by atoms with E-state index in [0.29, 0.717) is 46.1 Å². The largest absolute Gasteiger partial charge is 0.465 e. The zero-order valence-electron chi connectivity index (χ0n) is 16.7. The summed E-state index contributed by atoms with van der Waals surface area (Å²) >= 11 is 0. The molecule has 152 valence electrons. The summed E-state index contributed by atoms with van der Waals surface area (Å²) < 4.78 is 10.7. The van der Waals surface area contributed by atoms with Gasteiger partial charge in [0.2, 0.25) is 0 Å². The van der Waals surface area contributed by atoms with Crippen molar-refractivity contribution < 1.29 is 23.9 Å². The first-order chi connectivity index (χ1) is 14.5. The van der Waals surface area contributed by atoms with Crippen LogP contribution in [-0.4, -0.2) is 31.0 Å². The highest BCUT2D eigenvalue weighted by Gasteiger charge is 2.32. The normalized spacial score (nSPS) is 13.8. The monoisotopic (exact) mass is 403 g/mol. The first-order valence-corrected chi connectivity index (χ1v) is 9.67. The molecular formula is C24H21NO5. The van der Waals surface area contributed by atoms with Gasteiger partial charge in [-0.15, -0.1) is 0 Å². The van der Waals surface area contributed by atoms with Crippen LogP contribution in [0.4, 0.5) is 0 Å². The number of carbonyl (C=O) groups excluding carboxylic acids is 3. The summed E-state index contributed by atoms with van der Waals surface area (Å²) in [4.78, 5) is 36.8. The average Bonchev–Trinajstić information content (AvgIpc) is 3.06. The van der Waals surface area contributed by atoms with Gasteiger partial charge in [0.15, 0.2) is 0 Å². The highest BCUT2D eigenvalue weighted by Crippen LogP contribution is 2.31. The number of imide groups is 1. The van der Waals surface area contributed by atoms with E-state index in [4.69, 9.17) is 9.47 Å². The minimum absolute atomic E-state index is 0.181. The standard InChI is InChI=1S/C24H21NO5/c1-14(30-13-15-6-4-3-5-7-15)10-18-12-17-11-16(24(28)29-2)8-9-19(17)21-20(18)22(26)25-23(21)27/h3-9,11-12,14H,10,13H2,1-2H3,(H,25,26,27). The van der Waals surface area contributed by atoms with E-state index in [1.807, 2.05) is 43.3 Å². The van der Waals surface area contributed by atoms with Gasteiger partial charge in [-0.25, -0.2) is 4.79 Å². The number of hydrogen-bond donors (Lipinski definition) is 1. The Hall–Kier alpha value is -3.51. The molecule has 6 nitrogen and oxygen atoms in total. The zero-order valence-corrected chi connectivity index (χ0v) is 16.7. The fraction of sp³-hybridized carbons (Fsp3) is 0.208. The lowest BCUT2D eigenvalue weighted by molar-refractivity contribution is 0.0534. The molecule has 0 aliphatic carbocycles. The number of carbonyl (C=O) groups is 3. The number of methoxy groups -OCH3 is 1. The van der Waals surface area contributed by atoms with Crippen molar-refractivity contribution in [2.24, 2.45) is 0 Å². The molecule has 1 atom stereocenters. The van der Waals surface area contributed by atoms with E-state index >= 15 is 0 Å². The molecule has 6 heteroatoms. The Bertz CT molecular complexity index is 1150. The van der Waals surface area contributed by atoms with Crippen molar-refractivity contribution in [2.75, 3.05) is 7.11 Å². The summed E-state index contributed by atoms with van der Waals surface area (Å²) in [7, 11) is 1.32. The van der Waals surface area contributed by atoms with Crippen molar-refractivity contribution in [2.45, 2.75) is 26.1 Å². The van der Waals surface area contributed by atoms with Crippen molar-refractivity contribution in [1.82, 2.24) is 5.32 Å². The molecule has 1 aliphatic heterocycles. The third-order valence-corrected chi connectivity index (χ3v) is 5.21. The van der Waals surface area contributed by atoms with Gasteiger partial charge in [0.25, 0.3) is 11.8 Å². The Labute approximate surface area is 173 Å². The fourth-order valence-corrected chi connectivity index (χ4v) is 3.78. The van der Waals surface area contributed by atoms with Crippen LogP contribution in [0.2, 0.25) is 0 Å². The van der Waals surface area contributed by atoms with Crippen molar-refractivity contribution in [1.29, 1.82) is 0 Å². The number of rotatable bonds is 6. The maximum Gasteiger partial charge on any atom is 0.337 e. The number of amides is 2. The molecule has 30 heavy (non-hydrogen) atoms. The molecule has 1 N–H and O–H groups in total. The predicted molar refractivity (Wildman–Crippen MR) is 111 cm³/mol. The van der Waals surface area contributed by atoms with Gasteiger partial charge in [0.1, 0.15) is 0 Å². The lowest BCUT2D eigenvalue weighted by Crippen LogP contribution is -2.21. The third-order valence-electron chi connectivity index (χ3n) is 5.21. The van der Waals surface area contributed by atoms with E-state index in [0.717, 1.165) is 5.56 Å². The summed E-state index contributed by atoms with van der Waals surface area (Å²) in [5.41, 5.74) is 2.88. The van der Waals surface area contributed by atoms with E-state index in [9.17, 15) is 14.4 Å². The van der Waals surface area contributed by atoms with Gasteiger partial charge in [-0.05, 0) is 47.4 Å². The average molecular weight is 403 g/mol. The maximum absolute atomic E-state index is 12.5. The number of hydrogen-bond acceptors (Lipinski definition) is 5. The van der Waals surface area contributed by atoms with Crippen LogP contribution >= 0.6 is 0 Å². The lowest BCUT2D eigenvalue weighted by Gasteiger charge is -2.16. The highest BCUT2D eigenvalue weighted by atomic mass is 16.5. The minimum atomic E-state index is -0.459. The van der Waals surface area contributed by atoms with Gasteiger partial charge in [-0.3, -0.25) is 14.9 Å². The van der Waals surface area contributed by atoms with Gasteiger partial charge in [0.05, 0.1) is 36.5 Å². The molecule has 1 heterocycles. The van der Waals surface area contributed by atoms with E-state index in [1.54, 1.807) is 18.2 Å². The van der Waals surface area contributed by atoms with E-state index in [2.05, 4.69) is 5.32 Å². The van der Waals surface area contributed by atoms with Crippen LogP contribution in [0, 0.1) is 0 Å². The van der Waals surface area contributed by atoms with Crippen LogP contribution in [0.1, 0.15) is 49.1 Å². The van der Waals surface area contributed by atoms with Crippen LogP contribution in [0.3, 0.4) is 0 Å². The Morgan fingerprint density at radius 3 is 2.47 bits per heavy atom. The molecule has 2 amide bonds. The summed E-state index contributed by atoms with van der Waals surface area (Å²) in [6.45, 7) is 2.38. The summed E-state index contributed by atoms with van der Waals surface area (Å²) in [5.74, 6) is -1.29. The highest BCUT2D eigenvalue weighted by molar-refractivity contribution is 6.27. The van der Waals surface area contributed by atoms with E-state index in [-0.39, 0.29) is 6.10 Å². The molecule has 4 rings (SSSR count). The van der Waals surface area contributed by atoms with Crippen molar-refractivity contribution in [3.8, 4) is 0 Å². The number of esters is 1. The van der Waals surface area contributed by atoms with Crippen LogP contribution in [-0.2, 0) is 22.5 Å². The molecule has 0 radical (unpaired) electrons. The van der Waals surface area contributed by atoms with Crippen molar-refractivity contribution in [3.63, 3.8) is 0 Å². The molecule has 0 fully saturated rings. The Morgan fingerprint density at radius 2 is 1.73 bits per heavy atom. The molecule has 1 unspecified atom stereocenters. The topological polar surface area (TPSA) is 81.7 Å². The summed E-state index contributed by atoms with van der Waals surface area (Å²) in [6.07, 6.45) is 0.271. The van der Waals surface area contributed by atoms with Gasteiger partial charge < -0.3 is 9.47 Å². The van der Waals surface area contributed by atoms with Crippen molar-refractivity contribution in [3.05, 3.63) is 82.4 Å². The minimum Gasteiger partial charge on any atom is -0.465 e. The van der Waals surface area contributed by atoms with E-state index in [1.165, 1.54) is 7.11 Å². The number of nitrogens with one attached hydrogen (secondary N) is 1. The molecular weight excluding hydrogens is 382 g/mol. The van der Waals surface area contributed by atoms with Crippen LogP contribution in [0.5, 0.6) is 0 Å². The first kappa shape index (κ1) is 19.8. The summed E-state index contributed by atoms with van der Waals surface area (Å²) in [6, 6.07) is 16.6. The SMILES string of the molecule is COC(=O)c1ccc2c3c(c(CC(C)OCc4ccccc4)cc2c1)C(=O)NC3=O. The molecule has 0 bridgehead atoms. The van der Waals surface area contributed by atoms with Gasteiger partial charge in [-0.2, -0.15) is 0 Å². The predicted octanol–water partition coefficient (Wildman–Crippen LogP) is 3.66. The second-order valence-electron chi connectivity index (χ2n) is 7.31. The van der Waals surface area contributed by atoms with Gasteiger partial charge in [0, 0.05) is 0 Å². The molecule has 0 aromatic heterocycles. The fourth-order valence-electron chi connectivity index (χ4n) is 3.78. The van der Waals surface area contributed by atoms with Crippen LogP contribution in [0.15, 0.2) is 54.6 Å². The Kier molecular flexibility index (Phi) is 5.33. The number of fused-ring (bicyclic) bond motifs is 3. The van der Waals surface area contributed by atoms with Crippen LogP contribution in [0.25, 0.3) is 10.8 Å². The third kappa shape index (κ3) is 3.69. The quantitative estimate of drug-likeness (QED) is 0.502. The second kappa shape index (κ2) is 8.08.